The van der Waals surface area contributed by atoms with Crippen LogP contribution < -0.4 is 10.1 Å². The van der Waals surface area contributed by atoms with Gasteiger partial charge in [0.2, 0.25) is 0 Å². The third-order valence-electron chi connectivity index (χ3n) is 3.53. The Morgan fingerprint density at radius 2 is 1.70 bits per heavy atom. The van der Waals surface area contributed by atoms with Gasteiger partial charge in [-0.3, -0.25) is 4.79 Å². The Morgan fingerprint density at radius 1 is 1.07 bits per heavy atom. The molecule has 27 heavy (non-hydrogen) atoms. The van der Waals surface area contributed by atoms with Gasteiger partial charge in [0.15, 0.2) is 5.69 Å². The highest BCUT2D eigenvalue weighted by Crippen LogP contribution is 2.24. The van der Waals surface area contributed by atoms with E-state index in [4.69, 9.17) is 0 Å². The van der Waals surface area contributed by atoms with Crippen molar-refractivity contribution in [3.05, 3.63) is 65.7 Å². The van der Waals surface area contributed by atoms with Crippen LogP contribution in [0.3, 0.4) is 0 Å². The number of anilines is 1. The van der Waals surface area contributed by atoms with Gasteiger partial charge in [-0.25, -0.2) is 9.07 Å². The predicted octanol–water partition coefficient (Wildman–Crippen LogP) is 3.87. The Kier molecular flexibility index (Phi) is 4.80. The molecule has 0 aliphatic carbocycles. The zero-order valence-corrected chi connectivity index (χ0v) is 13.8. The molecule has 0 aliphatic rings. The maximum Gasteiger partial charge on any atom is 0.573 e. The average Bonchev–Trinajstić information content (AvgIpc) is 2.98. The van der Waals surface area contributed by atoms with E-state index in [2.05, 4.69) is 20.4 Å². The predicted molar refractivity (Wildman–Crippen MR) is 87.1 cm³/mol. The van der Waals surface area contributed by atoms with Crippen LogP contribution in [0, 0.1) is 12.7 Å². The molecule has 0 saturated carbocycles. The van der Waals surface area contributed by atoms with Gasteiger partial charge in [-0.05, 0) is 55.5 Å². The van der Waals surface area contributed by atoms with E-state index in [1.807, 2.05) is 0 Å². The van der Waals surface area contributed by atoms with Crippen LogP contribution in [0.25, 0.3) is 5.69 Å². The van der Waals surface area contributed by atoms with E-state index in [1.54, 1.807) is 6.92 Å². The van der Waals surface area contributed by atoms with E-state index in [1.165, 1.54) is 41.1 Å². The van der Waals surface area contributed by atoms with Crippen molar-refractivity contribution >= 4 is 11.6 Å². The van der Waals surface area contributed by atoms with Crippen molar-refractivity contribution in [1.82, 2.24) is 15.0 Å². The maximum absolute atomic E-state index is 13.0. The van der Waals surface area contributed by atoms with Crippen molar-refractivity contribution in [3.63, 3.8) is 0 Å². The summed E-state index contributed by atoms with van der Waals surface area (Å²) in [4.78, 5) is 12.3. The highest BCUT2D eigenvalue weighted by Gasteiger charge is 2.31. The molecule has 0 aliphatic heterocycles. The molecule has 1 amide bonds. The fourth-order valence-corrected chi connectivity index (χ4v) is 2.30. The molecule has 0 bridgehead atoms. The molecule has 140 valence electrons. The Bertz CT molecular complexity index is 951. The van der Waals surface area contributed by atoms with E-state index in [-0.39, 0.29) is 11.4 Å². The van der Waals surface area contributed by atoms with Crippen LogP contribution in [0.15, 0.2) is 48.5 Å². The van der Waals surface area contributed by atoms with Crippen LogP contribution in [0.2, 0.25) is 0 Å². The molecule has 2 aromatic carbocycles. The van der Waals surface area contributed by atoms with Crippen molar-refractivity contribution in [3.8, 4) is 11.4 Å². The standard InChI is InChI=1S/C17H12F4N4O2/c1-10-15(23-24-25(10)13-6-2-11(18)3-7-13)16(26)22-12-4-8-14(9-5-12)27-17(19,20)21/h2-9H,1H3,(H,22,26). The van der Waals surface area contributed by atoms with Gasteiger partial charge in [-0.2, -0.15) is 0 Å². The Morgan fingerprint density at radius 3 is 2.30 bits per heavy atom. The molecular weight excluding hydrogens is 368 g/mol. The van der Waals surface area contributed by atoms with Gasteiger partial charge in [-0.15, -0.1) is 18.3 Å². The summed E-state index contributed by atoms with van der Waals surface area (Å²) in [5.41, 5.74) is 1.21. The number of nitrogens with zero attached hydrogens (tertiary/aromatic N) is 3. The first kappa shape index (κ1) is 18.4. The molecule has 0 radical (unpaired) electrons. The zero-order valence-electron chi connectivity index (χ0n) is 13.8. The quantitative estimate of drug-likeness (QED) is 0.698. The van der Waals surface area contributed by atoms with E-state index in [0.717, 1.165) is 12.1 Å². The third-order valence-corrected chi connectivity index (χ3v) is 3.53. The Labute approximate surface area is 150 Å². The van der Waals surface area contributed by atoms with Crippen LogP contribution in [0.1, 0.15) is 16.2 Å². The fraction of sp³-hybridized carbons (Fsp3) is 0.118. The maximum atomic E-state index is 13.0. The molecule has 0 unspecified atom stereocenters. The lowest BCUT2D eigenvalue weighted by Crippen LogP contribution is -2.17. The number of halogens is 4. The fourth-order valence-electron chi connectivity index (χ4n) is 2.30. The monoisotopic (exact) mass is 380 g/mol. The minimum absolute atomic E-state index is 0.0231. The van der Waals surface area contributed by atoms with Crippen LogP contribution in [-0.4, -0.2) is 27.3 Å². The van der Waals surface area contributed by atoms with Gasteiger partial charge in [0.05, 0.1) is 11.4 Å². The number of ether oxygens (including phenoxy) is 1. The number of benzene rings is 2. The molecule has 1 heterocycles. The second-order valence-corrected chi connectivity index (χ2v) is 5.44. The number of hydrogen-bond acceptors (Lipinski definition) is 4. The smallest absolute Gasteiger partial charge is 0.406 e. The summed E-state index contributed by atoms with van der Waals surface area (Å²) >= 11 is 0. The molecule has 0 fully saturated rings. The molecule has 3 rings (SSSR count). The van der Waals surface area contributed by atoms with E-state index < -0.39 is 23.8 Å². The van der Waals surface area contributed by atoms with Gasteiger partial charge in [0, 0.05) is 5.69 Å². The summed E-state index contributed by atoms with van der Waals surface area (Å²) < 4.78 is 54.6. The van der Waals surface area contributed by atoms with Crippen molar-refractivity contribution < 1.29 is 27.1 Å². The topological polar surface area (TPSA) is 69.0 Å². The van der Waals surface area contributed by atoms with Crippen LogP contribution in [0.4, 0.5) is 23.2 Å². The number of carbonyl (C=O) groups excluding carboxylic acids is 1. The Balaban J connectivity index is 1.74. The van der Waals surface area contributed by atoms with Crippen LogP contribution in [0.5, 0.6) is 5.75 Å². The van der Waals surface area contributed by atoms with Crippen molar-refractivity contribution in [1.29, 1.82) is 0 Å². The van der Waals surface area contributed by atoms with Crippen LogP contribution in [-0.2, 0) is 0 Å². The van der Waals surface area contributed by atoms with Gasteiger partial charge in [0.25, 0.3) is 5.91 Å². The number of amides is 1. The third kappa shape index (κ3) is 4.40. The van der Waals surface area contributed by atoms with Gasteiger partial charge < -0.3 is 10.1 Å². The molecular formula is C17H12F4N4O2. The summed E-state index contributed by atoms with van der Waals surface area (Å²) in [6.07, 6.45) is -4.79. The SMILES string of the molecule is Cc1c(C(=O)Nc2ccc(OC(F)(F)F)cc2)nnn1-c1ccc(F)cc1. The van der Waals surface area contributed by atoms with E-state index in [0.29, 0.717) is 11.4 Å². The number of carbonyl (C=O) groups is 1. The van der Waals surface area contributed by atoms with E-state index in [9.17, 15) is 22.4 Å². The summed E-state index contributed by atoms with van der Waals surface area (Å²) in [5, 5.41) is 10.2. The average molecular weight is 380 g/mol. The molecule has 3 aromatic rings. The van der Waals surface area contributed by atoms with Gasteiger partial charge in [-0.1, -0.05) is 5.21 Å². The number of nitrogens with one attached hydrogen (secondary N) is 1. The molecule has 0 atom stereocenters. The number of rotatable bonds is 4. The second-order valence-electron chi connectivity index (χ2n) is 5.44. The molecule has 0 spiro atoms. The highest BCUT2D eigenvalue weighted by atomic mass is 19.4. The first-order valence-electron chi connectivity index (χ1n) is 7.58. The van der Waals surface area contributed by atoms with Crippen molar-refractivity contribution in [2.75, 3.05) is 5.32 Å². The van der Waals surface area contributed by atoms with Crippen molar-refractivity contribution in [2.24, 2.45) is 0 Å². The first-order chi connectivity index (χ1) is 12.7. The number of aromatic nitrogens is 3. The number of alkyl halides is 3. The lowest BCUT2D eigenvalue weighted by molar-refractivity contribution is -0.274. The largest absolute Gasteiger partial charge is 0.573 e. The summed E-state index contributed by atoms with van der Waals surface area (Å²) in [6.45, 7) is 1.61. The number of hydrogen-bond donors (Lipinski definition) is 1. The lowest BCUT2D eigenvalue weighted by Gasteiger charge is -2.09. The second kappa shape index (κ2) is 7.06. The van der Waals surface area contributed by atoms with Gasteiger partial charge >= 0.3 is 6.36 Å². The minimum Gasteiger partial charge on any atom is -0.406 e. The van der Waals surface area contributed by atoms with E-state index >= 15 is 0 Å². The molecule has 10 heteroatoms. The summed E-state index contributed by atoms with van der Waals surface area (Å²) in [7, 11) is 0. The zero-order chi connectivity index (χ0) is 19.6. The minimum atomic E-state index is -4.79. The molecule has 1 aromatic heterocycles. The van der Waals surface area contributed by atoms with Crippen molar-refractivity contribution in [2.45, 2.75) is 13.3 Å². The molecule has 1 N–H and O–H groups in total. The van der Waals surface area contributed by atoms with Gasteiger partial charge in [0.1, 0.15) is 11.6 Å². The first-order valence-corrected chi connectivity index (χ1v) is 7.58. The summed E-state index contributed by atoms with van der Waals surface area (Å²) in [6, 6.07) is 10.1. The molecule has 0 saturated heterocycles. The highest BCUT2D eigenvalue weighted by molar-refractivity contribution is 6.03. The van der Waals surface area contributed by atoms with Crippen LogP contribution >= 0.6 is 0 Å². The molecule has 6 nitrogen and oxygen atoms in total. The normalized spacial score (nSPS) is 11.3. The Hall–Kier alpha value is -3.43. The lowest BCUT2D eigenvalue weighted by atomic mass is 10.2. The summed E-state index contributed by atoms with van der Waals surface area (Å²) in [5.74, 6) is -1.41.